The van der Waals surface area contributed by atoms with Gasteiger partial charge in [-0.2, -0.15) is 0 Å². The van der Waals surface area contributed by atoms with E-state index in [0.29, 0.717) is 6.61 Å². The van der Waals surface area contributed by atoms with E-state index in [-0.39, 0.29) is 18.1 Å². The van der Waals surface area contributed by atoms with Gasteiger partial charge in [0, 0.05) is 23.7 Å². The normalized spacial score (nSPS) is 16.7. The molecular weight excluding hydrogens is 316 g/mol. The van der Waals surface area contributed by atoms with Crippen LogP contribution in [0.5, 0.6) is 5.75 Å². The van der Waals surface area contributed by atoms with Crippen molar-refractivity contribution in [1.82, 2.24) is 0 Å². The van der Waals surface area contributed by atoms with Gasteiger partial charge in [-0.15, -0.1) is 0 Å². The van der Waals surface area contributed by atoms with Gasteiger partial charge >= 0.3 is 0 Å². The second kappa shape index (κ2) is 8.03. The zero-order valence-corrected chi connectivity index (χ0v) is 14.6. The van der Waals surface area contributed by atoms with Gasteiger partial charge in [-0.05, 0) is 75.2 Å². The molecule has 1 saturated heterocycles. The fourth-order valence-electron chi connectivity index (χ4n) is 2.70. The number of carbonyl (C=O) groups excluding carboxylic acids is 1. The number of hydrogen-bond donors (Lipinski definition) is 2. The molecule has 0 aromatic heterocycles. The molecule has 1 fully saturated rings. The summed E-state index contributed by atoms with van der Waals surface area (Å²) >= 11 is 0. The van der Waals surface area contributed by atoms with Gasteiger partial charge in [0.15, 0.2) is 0 Å². The van der Waals surface area contributed by atoms with Crippen molar-refractivity contribution in [1.29, 1.82) is 0 Å². The SMILES string of the molecule is CC(C)Oc1ccc(Nc2ccc(NC(=O)C3CCCO3)cc2)cc1. The summed E-state index contributed by atoms with van der Waals surface area (Å²) in [5.74, 6) is 0.784. The molecule has 132 valence electrons. The van der Waals surface area contributed by atoms with Crippen LogP contribution in [0.3, 0.4) is 0 Å². The van der Waals surface area contributed by atoms with Crippen molar-refractivity contribution in [3.63, 3.8) is 0 Å². The number of carbonyl (C=O) groups is 1. The lowest BCUT2D eigenvalue weighted by Crippen LogP contribution is -2.26. The monoisotopic (exact) mass is 340 g/mol. The van der Waals surface area contributed by atoms with Gasteiger partial charge in [0.2, 0.25) is 0 Å². The van der Waals surface area contributed by atoms with Crippen molar-refractivity contribution in [2.24, 2.45) is 0 Å². The smallest absolute Gasteiger partial charge is 0.253 e. The number of ether oxygens (including phenoxy) is 2. The molecular formula is C20H24N2O3. The first kappa shape index (κ1) is 17.3. The number of benzene rings is 2. The number of hydrogen-bond acceptors (Lipinski definition) is 4. The molecule has 0 radical (unpaired) electrons. The van der Waals surface area contributed by atoms with Crippen LogP contribution in [-0.2, 0) is 9.53 Å². The minimum Gasteiger partial charge on any atom is -0.491 e. The molecule has 5 heteroatoms. The van der Waals surface area contributed by atoms with E-state index in [2.05, 4.69) is 10.6 Å². The summed E-state index contributed by atoms with van der Waals surface area (Å²) in [5, 5.41) is 6.22. The van der Waals surface area contributed by atoms with E-state index in [4.69, 9.17) is 9.47 Å². The topological polar surface area (TPSA) is 59.6 Å². The van der Waals surface area contributed by atoms with Gasteiger partial charge < -0.3 is 20.1 Å². The van der Waals surface area contributed by atoms with Crippen LogP contribution in [0.25, 0.3) is 0 Å². The summed E-state index contributed by atoms with van der Waals surface area (Å²) in [7, 11) is 0. The Bertz CT molecular complexity index is 690. The first-order chi connectivity index (χ1) is 12.1. The van der Waals surface area contributed by atoms with E-state index >= 15 is 0 Å². The second-order valence-corrected chi connectivity index (χ2v) is 6.38. The second-order valence-electron chi connectivity index (χ2n) is 6.38. The maximum atomic E-state index is 12.0. The van der Waals surface area contributed by atoms with Crippen molar-refractivity contribution >= 4 is 23.0 Å². The Morgan fingerprint density at radius 3 is 2.20 bits per heavy atom. The van der Waals surface area contributed by atoms with Gasteiger partial charge in [-0.25, -0.2) is 0 Å². The molecule has 3 rings (SSSR count). The molecule has 1 aliphatic rings. The number of amides is 1. The largest absolute Gasteiger partial charge is 0.491 e. The van der Waals surface area contributed by atoms with Crippen LogP contribution in [0.4, 0.5) is 17.1 Å². The van der Waals surface area contributed by atoms with Gasteiger partial charge in [0.1, 0.15) is 11.9 Å². The minimum absolute atomic E-state index is 0.0704. The highest BCUT2D eigenvalue weighted by Gasteiger charge is 2.23. The molecule has 1 unspecified atom stereocenters. The molecule has 0 bridgehead atoms. The fourth-order valence-corrected chi connectivity index (χ4v) is 2.70. The van der Waals surface area contributed by atoms with E-state index in [1.54, 1.807) is 0 Å². The highest BCUT2D eigenvalue weighted by molar-refractivity contribution is 5.94. The van der Waals surface area contributed by atoms with Crippen molar-refractivity contribution < 1.29 is 14.3 Å². The van der Waals surface area contributed by atoms with Crippen molar-refractivity contribution in [2.75, 3.05) is 17.2 Å². The number of nitrogens with one attached hydrogen (secondary N) is 2. The van der Waals surface area contributed by atoms with Gasteiger partial charge in [-0.3, -0.25) is 4.79 Å². The molecule has 1 aliphatic heterocycles. The van der Waals surface area contributed by atoms with Crippen molar-refractivity contribution in [3.8, 4) is 5.75 Å². The molecule has 25 heavy (non-hydrogen) atoms. The number of rotatable bonds is 6. The Morgan fingerprint density at radius 1 is 1.04 bits per heavy atom. The Balaban J connectivity index is 1.56. The fraction of sp³-hybridized carbons (Fsp3) is 0.350. The average molecular weight is 340 g/mol. The zero-order valence-electron chi connectivity index (χ0n) is 14.6. The third-order valence-electron chi connectivity index (χ3n) is 3.89. The van der Waals surface area contributed by atoms with E-state index in [0.717, 1.165) is 35.7 Å². The highest BCUT2D eigenvalue weighted by Crippen LogP contribution is 2.22. The predicted molar refractivity (Wildman–Crippen MR) is 99.5 cm³/mol. The first-order valence-corrected chi connectivity index (χ1v) is 8.66. The van der Waals surface area contributed by atoms with E-state index in [1.165, 1.54) is 0 Å². The summed E-state index contributed by atoms with van der Waals surface area (Å²) in [6.45, 7) is 4.68. The minimum atomic E-state index is -0.315. The van der Waals surface area contributed by atoms with Crippen LogP contribution in [0, 0.1) is 0 Å². The van der Waals surface area contributed by atoms with E-state index < -0.39 is 0 Å². The quantitative estimate of drug-likeness (QED) is 0.821. The van der Waals surface area contributed by atoms with Crippen LogP contribution in [-0.4, -0.2) is 24.7 Å². The van der Waals surface area contributed by atoms with E-state index in [9.17, 15) is 4.79 Å². The highest BCUT2D eigenvalue weighted by atomic mass is 16.5. The Kier molecular flexibility index (Phi) is 5.56. The zero-order chi connectivity index (χ0) is 17.6. The van der Waals surface area contributed by atoms with Crippen molar-refractivity contribution in [3.05, 3.63) is 48.5 Å². The average Bonchev–Trinajstić information content (AvgIpc) is 3.13. The summed E-state index contributed by atoms with van der Waals surface area (Å²) in [4.78, 5) is 12.0. The summed E-state index contributed by atoms with van der Waals surface area (Å²) in [6, 6.07) is 15.5. The van der Waals surface area contributed by atoms with Crippen LogP contribution in [0.2, 0.25) is 0 Å². The third kappa shape index (κ3) is 4.97. The lowest BCUT2D eigenvalue weighted by molar-refractivity contribution is -0.124. The molecule has 1 heterocycles. The van der Waals surface area contributed by atoms with E-state index in [1.807, 2.05) is 62.4 Å². The molecule has 0 saturated carbocycles. The van der Waals surface area contributed by atoms with Crippen LogP contribution in [0.15, 0.2) is 48.5 Å². The third-order valence-corrected chi connectivity index (χ3v) is 3.89. The molecule has 2 N–H and O–H groups in total. The standard InChI is InChI=1S/C20H24N2O3/c1-14(2)25-18-11-9-16(10-12-18)21-15-5-7-17(8-6-15)22-20(23)19-4-3-13-24-19/h5-12,14,19,21H,3-4,13H2,1-2H3,(H,22,23). The maximum absolute atomic E-state index is 12.0. The lowest BCUT2D eigenvalue weighted by atomic mass is 10.2. The first-order valence-electron chi connectivity index (χ1n) is 8.66. The molecule has 2 aromatic carbocycles. The van der Waals surface area contributed by atoms with Crippen LogP contribution < -0.4 is 15.4 Å². The Labute approximate surface area is 148 Å². The summed E-state index contributed by atoms with van der Waals surface area (Å²) < 4.78 is 11.0. The molecule has 5 nitrogen and oxygen atoms in total. The maximum Gasteiger partial charge on any atom is 0.253 e. The van der Waals surface area contributed by atoms with Crippen LogP contribution in [0.1, 0.15) is 26.7 Å². The Morgan fingerprint density at radius 2 is 1.64 bits per heavy atom. The molecule has 0 aliphatic carbocycles. The molecule has 0 spiro atoms. The molecule has 1 amide bonds. The van der Waals surface area contributed by atoms with Gasteiger partial charge in [0.05, 0.1) is 6.10 Å². The summed E-state index contributed by atoms with van der Waals surface area (Å²) in [6.07, 6.45) is 1.59. The number of anilines is 3. The van der Waals surface area contributed by atoms with Gasteiger partial charge in [-0.1, -0.05) is 0 Å². The molecule has 1 atom stereocenters. The van der Waals surface area contributed by atoms with Crippen molar-refractivity contribution in [2.45, 2.75) is 38.9 Å². The molecule has 2 aromatic rings. The lowest BCUT2D eigenvalue weighted by Gasteiger charge is -2.12. The Hall–Kier alpha value is -2.53. The van der Waals surface area contributed by atoms with Crippen LogP contribution >= 0.6 is 0 Å². The summed E-state index contributed by atoms with van der Waals surface area (Å²) in [5.41, 5.74) is 2.70. The predicted octanol–water partition coefficient (Wildman–Crippen LogP) is 4.33. The van der Waals surface area contributed by atoms with Gasteiger partial charge in [0.25, 0.3) is 5.91 Å².